The molecule has 0 aliphatic rings. The fraction of sp³-hybridized carbons (Fsp3) is 0.375. The summed E-state index contributed by atoms with van der Waals surface area (Å²) >= 11 is 0. The van der Waals surface area contributed by atoms with Gasteiger partial charge in [-0.1, -0.05) is 0 Å². The number of aldehydes is 1. The Bertz CT molecular complexity index is 355. The Labute approximate surface area is 75.5 Å². The Morgan fingerprint density at radius 1 is 1.62 bits per heavy atom. The summed E-state index contributed by atoms with van der Waals surface area (Å²) in [4.78, 5) is 21.2. The van der Waals surface area contributed by atoms with Gasteiger partial charge in [-0.2, -0.15) is 5.10 Å². The van der Waals surface area contributed by atoms with Crippen LogP contribution in [0.2, 0.25) is 0 Å². The molecule has 0 fully saturated rings. The minimum absolute atomic E-state index is 0.0144. The van der Waals surface area contributed by atoms with Crippen LogP contribution >= 0.6 is 0 Å². The standard InChI is InChI=1S/C8H11N3O2/c1-5-7(4-12)6(2)11(10-5)3-8(9)13/h4H,3H2,1-2H3,(H2,9,13). The molecule has 1 rings (SSSR count). The van der Waals surface area contributed by atoms with Crippen LogP contribution in [-0.4, -0.2) is 22.0 Å². The van der Waals surface area contributed by atoms with Gasteiger partial charge in [0, 0.05) is 5.69 Å². The van der Waals surface area contributed by atoms with E-state index in [4.69, 9.17) is 5.73 Å². The van der Waals surface area contributed by atoms with Crippen molar-refractivity contribution in [2.45, 2.75) is 20.4 Å². The van der Waals surface area contributed by atoms with Gasteiger partial charge in [0.25, 0.3) is 0 Å². The van der Waals surface area contributed by atoms with E-state index in [9.17, 15) is 9.59 Å². The number of amides is 1. The largest absolute Gasteiger partial charge is 0.368 e. The molecule has 0 aliphatic heterocycles. The third-order valence-corrected chi connectivity index (χ3v) is 1.86. The van der Waals surface area contributed by atoms with Crippen LogP contribution in [0.5, 0.6) is 0 Å². The number of aromatic nitrogens is 2. The average molecular weight is 181 g/mol. The van der Waals surface area contributed by atoms with Crippen LogP contribution < -0.4 is 5.73 Å². The number of hydrogen-bond donors (Lipinski definition) is 1. The average Bonchev–Trinajstić information content (AvgIpc) is 2.26. The number of primary amides is 1. The summed E-state index contributed by atoms with van der Waals surface area (Å²) in [6, 6.07) is 0. The van der Waals surface area contributed by atoms with Gasteiger partial charge in [0.05, 0.1) is 11.3 Å². The van der Waals surface area contributed by atoms with E-state index in [1.165, 1.54) is 4.68 Å². The molecular formula is C8H11N3O2. The second-order valence-corrected chi connectivity index (χ2v) is 2.83. The quantitative estimate of drug-likeness (QED) is 0.656. The summed E-state index contributed by atoms with van der Waals surface area (Å²) in [6.07, 6.45) is 0.731. The summed E-state index contributed by atoms with van der Waals surface area (Å²) in [6.45, 7) is 3.46. The molecule has 0 saturated heterocycles. The molecule has 0 aliphatic carbocycles. The van der Waals surface area contributed by atoms with Gasteiger partial charge >= 0.3 is 0 Å². The minimum Gasteiger partial charge on any atom is -0.368 e. The van der Waals surface area contributed by atoms with Crippen molar-refractivity contribution < 1.29 is 9.59 Å². The molecular weight excluding hydrogens is 170 g/mol. The Hall–Kier alpha value is -1.65. The van der Waals surface area contributed by atoms with Crippen LogP contribution in [0, 0.1) is 13.8 Å². The van der Waals surface area contributed by atoms with Gasteiger partial charge < -0.3 is 5.73 Å². The molecule has 70 valence electrons. The van der Waals surface area contributed by atoms with Crippen LogP contribution in [-0.2, 0) is 11.3 Å². The van der Waals surface area contributed by atoms with Crippen molar-refractivity contribution in [2.24, 2.45) is 5.73 Å². The number of rotatable bonds is 3. The molecule has 1 aromatic rings. The lowest BCUT2D eigenvalue weighted by atomic mass is 10.2. The Kier molecular flexibility index (Phi) is 2.46. The third-order valence-electron chi connectivity index (χ3n) is 1.86. The Morgan fingerprint density at radius 3 is 2.62 bits per heavy atom. The number of nitrogens with two attached hydrogens (primary N) is 1. The Morgan fingerprint density at radius 2 is 2.23 bits per heavy atom. The predicted molar refractivity (Wildman–Crippen MR) is 46.3 cm³/mol. The summed E-state index contributed by atoms with van der Waals surface area (Å²) in [5.74, 6) is -0.469. The van der Waals surface area contributed by atoms with E-state index in [0.717, 1.165) is 6.29 Å². The Balaban J connectivity index is 3.10. The number of carbonyl (C=O) groups is 2. The van der Waals surface area contributed by atoms with Crippen molar-refractivity contribution in [1.82, 2.24) is 9.78 Å². The second kappa shape index (κ2) is 3.38. The van der Waals surface area contributed by atoms with Gasteiger partial charge in [-0.05, 0) is 13.8 Å². The zero-order valence-electron chi connectivity index (χ0n) is 7.57. The first-order valence-electron chi connectivity index (χ1n) is 3.83. The molecule has 0 bridgehead atoms. The maximum atomic E-state index is 10.6. The van der Waals surface area contributed by atoms with Gasteiger partial charge in [-0.25, -0.2) is 0 Å². The summed E-state index contributed by atoms with van der Waals surface area (Å²) < 4.78 is 1.43. The maximum absolute atomic E-state index is 10.6. The van der Waals surface area contributed by atoms with Crippen LogP contribution in [0.15, 0.2) is 0 Å². The summed E-state index contributed by atoms with van der Waals surface area (Å²) in [5, 5.41) is 4.01. The van der Waals surface area contributed by atoms with Crippen molar-refractivity contribution in [3.8, 4) is 0 Å². The van der Waals surface area contributed by atoms with E-state index in [1.54, 1.807) is 13.8 Å². The third kappa shape index (κ3) is 1.74. The van der Waals surface area contributed by atoms with E-state index >= 15 is 0 Å². The number of carbonyl (C=O) groups excluding carboxylic acids is 2. The zero-order chi connectivity index (χ0) is 10.0. The van der Waals surface area contributed by atoms with Crippen LogP contribution in [0.4, 0.5) is 0 Å². The monoisotopic (exact) mass is 181 g/mol. The first-order valence-corrected chi connectivity index (χ1v) is 3.83. The van der Waals surface area contributed by atoms with E-state index < -0.39 is 5.91 Å². The highest BCUT2D eigenvalue weighted by Gasteiger charge is 2.11. The van der Waals surface area contributed by atoms with Crippen LogP contribution in [0.25, 0.3) is 0 Å². The first kappa shape index (κ1) is 9.44. The second-order valence-electron chi connectivity index (χ2n) is 2.83. The maximum Gasteiger partial charge on any atom is 0.239 e. The van der Waals surface area contributed by atoms with Crippen molar-refractivity contribution in [3.05, 3.63) is 17.0 Å². The minimum atomic E-state index is -0.469. The zero-order valence-corrected chi connectivity index (χ0v) is 7.57. The number of aryl methyl sites for hydroxylation is 1. The van der Waals surface area contributed by atoms with Gasteiger partial charge in [-0.3, -0.25) is 14.3 Å². The smallest absolute Gasteiger partial charge is 0.239 e. The fourth-order valence-electron chi connectivity index (χ4n) is 1.18. The summed E-state index contributed by atoms with van der Waals surface area (Å²) in [5.41, 5.74) is 6.83. The van der Waals surface area contributed by atoms with Gasteiger partial charge in [0.15, 0.2) is 6.29 Å². The number of hydrogen-bond acceptors (Lipinski definition) is 3. The molecule has 1 aromatic heterocycles. The summed E-state index contributed by atoms with van der Waals surface area (Å²) in [7, 11) is 0. The van der Waals surface area contributed by atoms with E-state index in [2.05, 4.69) is 5.10 Å². The highest BCUT2D eigenvalue weighted by Crippen LogP contribution is 2.09. The molecule has 0 aromatic carbocycles. The van der Waals surface area contributed by atoms with Crippen molar-refractivity contribution in [3.63, 3.8) is 0 Å². The lowest BCUT2D eigenvalue weighted by Gasteiger charge is -1.99. The first-order chi connectivity index (χ1) is 6.06. The molecule has 5 nitrogen and oxygen atoms in total. The molecule has 0 saturated carbocycles. The molecule has 0 radical (unpaired) electrons. The van der Waals surface area contributed by atoms with Gasteiger partial charge in [0.2, 0.25) is 5.91 Å². The molecule has 5 heteroatoms. The van der Waals surface area contributed by atoms with Crippen LogP contribution in [0.1, 0.15) is 21.7 Å². The van der Waals surface area contributed by atoms with E-state index in [-0.39, 0.29) is 6.54 Å². The normalized spacial score (nSPS) is 10.0. The van der Waals surface area contributed by atoms with Crippen molar-refractivity contribution in [2.75, 3.05) is 0 Å². The molecule has 0 atom stereocenters. The lowest BCUT2D eigenvalue weighted by Crippen LogP contribution is -2.20. The molecule has 13 heavy (non-hydrogen) atoms. The van der Waals surface area contributed by atoms with Crippen molar-refractivity contribution in [1.29, 1.82) is 0 Å². The lowest BCUT2D eigenvalue weighted by molar-refractivity contribution is -0.118. The number of nitrogens with zero attached hydrogens (tertiary/aromatic N) is 2. The highest BCUT2D eigenvalue weighted by atomic mass is 16.1. The SMILES string of the molecule is Cc1nn(CC(N)=O)c(C)c1C=O. The molecule has 2 N–H and O–H groups in total. The highest BCUT2D eigenvalue weighted by molar-refractivity contribution is 5.79. The van der Waals surface area contributed by atoms with E-state index in [1.807, 2.05) is 0 Å². The molecule has 0 spiro atoms. The van der Waals surface area contributed by atoms with Gasteiger partial charge in [0.1, 0.15) is 6.54 Å². The molecule has 0 unspecified atom stereocenters. The predicted octanol–water partition coefficient (Wildman–Crippen LogP) is -0.202. The van der Waals surface area contributed by atoms with E-state index in [0.29, 0.717) is 17.0 Å². The molecule has 1 heterocycles. The topological polar surface area (TPSA) is 78.0 Å². The van der Waals surface area contributed by atoms with Crippen LogP contribution in [0.3, 0.4) is 0 Å². The van der Waals surface area contributed by atoms with Gasteiger partial charge in [-0.15, -0.1) is 0 Å². The fourth-order valence-corrected chi connectivity index (χ4v) is 1.18. The van der Waals surface area contributed by atoms with Crippen molar-refractivity contribution >= 4 is 12.2 Å². The molecule has 1 amide bonds.